The van der Waals surface area contributed by atoms with Gasteiger partial charge >= 0.3 is 0 Å². The van der Waals surface area contributed by atoms with Crippen molar-refractivity contribution in [2.24, 2.45) is 0 Å². The molecule has 1 aliphatic heterocycles. The summed E-state index contributed by atoms with van der Waals surface area (Å²) < 4.78 is 0. The fourth-order valence-electron chi connectivity index (χ4n) is 2.52. The fraction of sp³-hybridized carbons (Fsp3) is 0.643. The number of likely N-dealkylation sites (tertiary alicyclic amines) is 1. The van der Waals surface area contributed by atoms with Gasteiger partial charge in [0, 0.05) is 10.9 Å². The fourth-order valence-corrected chi connectivity index (χ4v) is 3.16. The third-order valence-electron chi connectivity index (χ3n) is 3.74. The summed E-state index contributed by atoms with van der Waals surface area (Å²) in [5, 5.41) is 3.94. The van der Waals surface area contributed by atoms with Crippen LogP contribution in [-0.4, -0.2) is 29.3 Å². The number of ketones is 1. The van der Waals surface area contributed by atoms with Crippen LogP contribution < -0.4 is 0 Å². The van der Waals surface area contributed by atoms with Crippen molar-refractivity contribution in [1.82, 2.24) is 4.90 Å². The Morgan fingerprint density at radius 2 is 1.88 bits per heavy atom. The predicted molar refractivity (Wildman–Crippen MR) is 72.8 cm³/mol. The van der Waals surface area contributed by atoms with Crippen LogP contribution in [0.3, 0.4) is 0 Å². The zero-order chi connectivity index (χ0) is 12.3. The summed E-state index contributed by atoms with van der Waals surface area (Å²) in [5.74, 6) is 0.264. The smallest absolute Gasteiger partial charge is 0.183 e. The highest BCUT2D eigenvalue weighted by atomic mass is 32.1. The van der Waals surface area contributed by atoms with Gasteiger partial charge in [-0.15, -0.1) is 0 Å². The standard InChI is InChI=1S/C14H21NOS/c1-14(2,13(16)12-7-10-17-11-12)15-8-5-3-4-6-9-15/h7,10-11H,3-6,8-9H2,1-2H3. The third-order valence-corrected chi connectivity index (χ3v) is 4.42. The van der Waals surface area contributed by atoms with Crippen molar-refractivity contribution in [1.29, 1.82) is 0 Å². The molecule has 0 amide bonds. The summed E-state index contributed by atoms with van der Waals surface area (Å²) >= 11 is 1.60. The van der Waals surface area contributed by atoms with Gasteiger partial charge in [-0.1, -0.05) is 12.8 Å². The molecule has 0 N–H and O–H groups in total. The number of hydrogen-bond donors (Lipinski definition) is 0. The Balaban J connectivity index is 2.13. The number of thiophene rings is 1. The molecule has 2 nitrogen and oxygen atoms in total. The van der Waals surface area contributed by atoms with Crippen LogP contribution in [0.25, 0.3) is 0 Å². The van der Waals surface area contributed by atoms with E-state index in [1.54, 1.807) is 11.3 Å². The number of Topliss-reactive ketones (excluding diaryl/α,β-unsaturated/α-hetero) is 1. The minimum atomic E-state index is -0.356. The molecule has 1 fully saturated rings. The first-order valence-corrected chi connectivity index (χ1v) is 7.39. The van der Waals surface area contributed by atoms with Crippen molar-refractivity contribution in [2.75, 3.05) is 13.1 Å². The van der Waals surface area contributed by atoms with E-state index in [0.29, 0.717) is 0 Å². The highest BCUT2D eigenvalue weighted by Gasteiger charge is 2.35. The molecule has 2 heterocycles. The summed E-state index contributed by atoms with van der Waals surface area (Å²) in [6, 6.07) is 1.94. The number of nitrogens with zero attached hydrogens (tertiary/aromatic N) is 1. The van der Waals surface area contributed by atoms with Crippen LogP contribution in [0.5, 0.6) is 0 Å². The first-order chi connectivity index (χ1) is 8.12. The lowest BCUT2D eigenvalue weighted by Gasteiger charge is -2.36. The molecule has 1 aromatic heterocycles. The maximum atomic E-state index is 12.5. The monoisotopic (exact) mass is 251 g/mol. The molecule has 3 heteroatoms. The lowest BCUT2D eigenvalue weighted by Crippen LogP contribution is -2.50. The minimum Gasteiger partial charge on any atom is -0.292 e. The second kappa shape index (κ2) is 5.32. The van der Waals surface area contributed by atoms with Crippen LogP contribution in [0.1, 0.15) is 49.9 Å². The predicted octanol–water partition coefficient (Wildman–Crippen LogP) is 3.59. The molecule has 17 heavy (non-hydrogen) atoms. The molecule has 0 atom stereocenters. The number of carbonyl (C=O) groups is 1. The van der Waals surface area contributed by atoms with Crippen molar-refractivity contribution in [3.63, 3.8) is 0 Å². The van der Waals surface area contributed by atoms with Gasteiger partial charge in [-0.3, -0.25) is 9.69 Å². The first-order valence-electron chi connectivity index (χ1n) is 6.44. The van der Waals surface area contributed by atoms with E-state index in [4.69, 9.17) is 0 Å². The Hall–Kier alpha value is -0.670. The third kappa shape index (κ3) is 2.78. The summed E-state index contributed by atoms with van der Waals surface area (Å²) in [7, 11) is 0. The first kappa shape index (κ1) is 12.8. The van der Waals surface area contributed by atoms with Crippen molar-refractivity contribution in [3.05, 3.63) is 22.4 Å². The van der Waals surface area contributed by atoms with Crippen LogP contribution in [-0.2, 0) is 0 Å². The summed E-state index contributed by atoms with van der Waals surface area (Å²) in [4.78, 5) is 14.9. The molecular weight excluding hydrogens is 230 g/mol. The van der Waals surface area contributed by atoms with E-state index < -0.39 is 0 Å². The largest absolute Gasteiger partial charge is 0.292 e. The molecular formula is C14H21NOS. The van der Waals surface area contributed by atoms with Crippen molar-refractivity contribution >= 4 is 17.1 Å². The van der Waals surface area contributed by atoms with Crippen LogP contribution in [0.15, 0.2) is 16.8 Å². The van der Waals surface area contributed by atoms with E-state index in [1.807, 2.05) is 16.8 Å². The van der Waals surface area contributed by atoms with Crippen molar-refractivity contribution < 1.29 is 4.79 Å². The molecule has 0 unspecified atom stereocenters. The number of carbonyl (C=O) groups excluding carboxylic acids is 1. The Morgan fingerprint density at radius 1 is 1.24 bits per heavy atom. The van der Waals surface area contributed by atoms with Gasteiger partial charge in [0.1, 0.15) is 0 Å². The van der Waals surface area contributed by atoms with Crippen molar-refractivity contribution in [2.45, 2.75) is 45.1 Å². The molecule has 0 saturated carbocycles. The average Bonchev–Trinajstić information content (AvgIpc) is 2.69. The molecule has 0 aromatic carbocycles. The van der Waals surface area contributed by atoms with E-state index >= 15 is 0 Å². The lowest BCUT2D eigenvalue weighted by molar-refractivity contribution is 0.0650. The van der Waals surface area contributed by atoms with Crippen LogP contribution in [0.4, 0.5) is 0 Å². The molecule has 0 spiro atoms. The molecule has 2 rings (SSSR count). The maximum absolute atomic E-state index is 12.5. The number of rotatable bonds is 3. The van der Waals surface area contributed by atoms with Crippen LogP contribution in [0.2, 0.25) is 0 Å². The zero-order valence-electron chi connectivity index (χ0n) is 10.7. The van der Waals surface area contributed by atoms with E-state index in [9.17, 15) is 4.79 Å². The quantitative estimate of drug-likeness (QED) is 0.765. The normalized spacial score (nSPS) is 18.9. The topological polar surface area (TPSA) is 20.3 Å². The van der Waals surface area contributed by atoms with Crippen LogP contribution in [0, 0.1) is 0 Å². The second-order valence-electron chi connectivity index (χ2n) is 5.30. The summed E-state index contributed by atoms with van der Waals surface area (Å²) in [6.07, 6.45) is 5.05. The molecule has 1 aliphatic rings. The Labute approximate surface area is 108 Å². The average molecular weight is 251 g/mol. The van der Waals surface area contributed by atoms with E-state index in [0.717, 1.165) is 18.7 Å². The maximum Gasteiger partial charge on any atom is 0.183 e. The molecule has 0 radical (unpaired) electrons. The molecule has 1 aromatic rings. The van der Waals surface area contributed by atoms with Gasteiger partial charge < -0.3 is 0 Å². The van der Waals surface area contributed by atoms with E-state index in [2.05, 4.69) is 18.7 Å². The molecule has 1 saturated heterocycles. The Kier molecular flexibility index (Phi) is 4.00. The van der Waals surface area contributed by atoms with Gasteiger partial charge in [0.25, 0.3) is 0 Å². The molecule has 0 bridgehead atoms. The highest BCUT2D eigenvalue weighted by molar-refractivity contribution is 7.08. The van der Waals surface area contributed by atoms with Gasteiger partial charge in [0.05, 0.1) is 5.54 Å². The van der Waals surface area contributed by atoms with Crippen molar-refractivity contribution in [3.8, 4) is 0 Å². The molecule has 0 aliphatic carbocycles. The number of hydrogen-bond acceptors (Lipinski definition) is 3. The van der Waals surface area contributed by atoms with Crippen LogP contribution >= 0.6 is 11.3 Å². The van der Waals surface area contributed by atoms with Gasteiger partial charge in [-0.05, 0) is 51.2 Å². The van der Waals surface area contributed by atoms with Gasteiger partial charge in [-0.2, -0.15) is 11.3 Å². The van der Waals surface area contributed by atoms with Gasteiger partial charge in [-0.25, -0.2) is 0 Å². The molecule has 94 valence electrons. The van der Waals surface area contributed by atoms with E-state index in [-0.39, 0.29) is 11.3 Å². The second-order valence-corrected chi connectivity index (χ2v) is 6.08. The SMILES string of the molecule is CC(C)(C(=O)c1ccsc1)N1CCCCCC1. The zero-order valence-corrected chi connectivity index (χ0v) is 11.6. The lowest BCUT2D eigenvalue weighted by atomic mass is 9.92. The summed E-state index contributed by atoms with van der Waals surface area (Å²) in [5.41, 5.74) is 0.509. The van der Waals surface area contributed by atoms with Gasteiger partial charge in [0.15, 0.2) is 5.78 Å². The Bertz CT molecular complexity index is 362. The Morgan fingerprint density at radius 3 is 2.41 bits per heavy atom. The van der Waals surface area contributed by atoms with E-state index in [1.165, 1.54) is 25.7 Å². The summed E-state index contributed by atoms with van der Waals surface area (Å²) in [6.45, 7) is 6.25. The van der Waals surface area contributed by atoms with Gasteiger partial charge in [0.2, 0.25) is 0 Å². The minimum absolute atomic E-state index is 0.264. The highest BCUT2D eigenvalue weighted by Crippen LogP contribution is 2.25.